The number of methoxy groups -OCH3 is 1. The first-order valence-electron chi connectivity index (χ1n) is 10.7. The lowest BCUT2D eigenvalue weighted by Gasteiger charge is -2.14. The second-order valence-electron chi connectivity index (χ2n) is 7.62. The molecule has 0 aliphatic rings. The van der Waals surface area contributed by atoms with Crippen molar-refractivity contribution in [2.75, 3.05) is 7.11 Å². The molecule has 0 radical (unpaired) electrons. The van der Waals surface area contributed by atoms with Crippen LogP contribution >= 0.6 is 0 Å². The van der Waals surface area contributed by atoms with E-state index in [0.717, 1.165) is 11.1 Å². The van der Waals surface area contributed by atoms with Crippen molar-refractivity contribution in [3.63, 3.8) is 0 Å². The summed E-state index contributed by atoms with van der Waals surface area (Å²) in [6.07, 6.45) is 3.81. The van der Waals surface area contributed by atoms with Crippen molar-refractivity contribution in [3.8, 4) is 11.4 Å². The van der Waals surface area contributed by atoms with E-state index in [2.05, 4.69) is 0 Å². The third-order valence-corrected chi connectivity index (χ3v) is 5.51. The van der Waals surface area contributed by atoms with E-state index >= 15 is 0 Å². The van der Waals surface area contributed by atoms with Crippen LogP contribution in [0.3, 0.4) is 0 Å². The van der Waals surface area contributed by atoms with Gasteiger partial charge in [-0.1, -0.05) is 49.4 Å². The van der Waals surface area contributed by atoms with Gasteiger partial charge in [0.25, 0.3) is 5.56 Å². The van der Waals surface area contributed by atoms with Gasteiger partial charge in [-0.25, -0.2) is 9.36 Å². The molecule has 0 N–H and O–H groups in total. The molecular formula is C27H24N2O4. The number of carbonyl (C=O) groups excluding carboxylic acids is 1. The summed E-state index contributed by atoms with van der Waals surface area (Å²) in [5.41, 5.74) is 2.09. The molecule has 0 bridgehead atoms. The highest BCUT2D eigenvalue weighted by Crippen LogP contribution is 2.16. The fraction of sp³-hybridized carbons (Fsp3) is 0.148. The van der Waals surface area contributed by atoms with Gasteiger partial charge in [0.15, 0.2) is 5.78 Å². The van der Waals surface area contributed by atoms with E-state index < -0.39 is 5.69 Å². The number of rotatable bonds is 7. The van der Waals surface area contributed by atoms with Crippen molar-refractivity contribution in [1.29, 1.82) is 0 Å². The lowest BCUT2D eigenvalue weighted by Crippen LogP contribution is -2.39. The van der Waals surface area contributed by atoms with Crippen LogP contribution in [0.5, 0.6) is 5.75 Å². The Kier molecular flexibility index (Phi) is 6.36. The molecule has 4 rings (SSSR count). The van der Waals surface area contributed by atoms with Crippen LogP contribution < -0.4 is 16.0 Å². The van der Waals surface area contributed by atoms with E-state index in [4.69, 9.17) is 4.74 Å². The predicted octanol–water partition coefficient (Wildman–Crippen LogP) is 4.20. The number of carbonyl (C=O) groups is 1. The standard InChI is InChI=1S/C27H24N2O4/c1-3-22(30)15-12-19-8-10-20(11-9-19)18-28-25-7-5-4-6-24(25)26(31)29(27(28)32)21-13-16-23(33-2)17-14-21/h4-17H,3,18H2,1-2H3/b15-12+. The van der Waals surface area contributed by atoms with Gasteiger partial charge in [-0.15, -0.1) is 0 Å². The van der Waals surface area contributed by atoms with Crippen LogP contribution in [0, 0.1) is 0 Å². The van der Waals surface area contributed by atoms with E-state index in [9.17, 15) is 14.4 Å². The van der Waals surface area contributed by atoms with Crippen LogP contribution in [0.15, 0.2) is 88.5 Å². The number of nitrogens with zero attached hydrogens (tertiary/aromatic N) is 2. The first kappa shape index (κ1) is 22.0. The average molecular weight is 440 g/mol. The minimum Gasteiger partial charge on any atom is -0.497 e. The summed E-state index contributed by atoms with van der Waals surface area (Å²) < 4.78 is 7.98. The summed E-state index contributed by atoms with van der Waals surface area (Å²) in [6.45, 7) is 2.12. The van der Waals surface area contributed by atoms with Gasteiger partial charge in [0.05, 0.1) is 30.2 Å². The lowest BCUT2D eigenvalue weighted by molar-refractivity contribution is -0.114. The SMILES string of the molecule is CCC(=O)/C=C/c1ccc(Cn2c(=O)n(-c3ccc(OC)cc3)c(=O)c3ccccc32)cc1. The van der Waals surface area contributed by atoms with E-state index in [1.165, 1.54) is 4.57 Å². The van der Waals surface area contributed by atoms with E-state index in [0.29, 0.717) is 35.3 Å². The second-order valence-corrected chi connectivity index (χ2v) is 7.62. The van der Waals surface area contributed by atoms with Crippen molar-refractivity contribution in [1.82, 2.24) is 9.13 Å². The normalized spacial score (nSPS) is 11.2. The van der Waals surface area contributed by atoms with E-state index in [1.807, 2.05) is 37.3 Å². The van der Waals surface area contributed by atoms with Gasteiger partial charge in [0.2, 0.25) is 0 Å². The molecule has 0 unspecified atom stereocenters. The van der Waals surface area contributed by atoms with Gasteiger partial charge in [-0.05, 0) is 53.6 Å². The number of para-hydroxylation sites is 1. The molecule has 166 valence electrons. The van der Waals surface area contributed by atoms with Crippen molar-refractivity contribution >= 4 is 22.8 Å². The zero-order valence-corrected chi connectivity index (χ0v) is 18.5. The Labute approximate surface area is 191 Å². The Bertz CT molecular complexity index is 1440. The molecule has 0 amide bonds. The number of allylic oxidation sites excluding steroid dienone is 1. The monoisotopic (exact) mass is 440 g/mol. The number of hydrogen-bond donors (Lipinski definition) is 0. The maximum Gasteiger partial charge on any atom is 0.336 e. The van der Waals surface area contributed by atoms with Crippen molar-refractivity contribution in [2.45, 2.75) is 19.9 Å². The molecule has 0 saturated carbocycles. The summed E-state index contributed by atoms with van der Waals surface area (Å²) in [6, 6.07) is 21.6. The van der Waals surface area contributed by atoms with E-state index in [-0.39, 0.29) is 11.3 Å². The Morgan fingerprint density at radius 1 is 0.939 bits per heavy atom. The highest BCUT2D eigenvalue weighted by Gasteiger charge is 2.14. The van der Waals surface area contributed by atoms with Crippen LogP contribution in [0.4, 0.5) is 0 Å². The van der Waals surface area contributed by atoms with Crippen LogP contribution in [0.25, 0.3) is 22.7 Å². The summed E-state index contributed by atoms with van der Waals surface area (Å²) in [5, 5.41) is 0.463. The first-order chi connectivity index (χ1) is 16.0. The fourth-order valence-corrected chi connectivity index (χ4v) is 3.66. The molecule has 6 nitrogen and oxygen atoms in total. The highest BCUT2D eigenvalue weighted by atomic mass is 16.5. The maximum atomic E-state index is 13.5. The predicted molar refractivity (Wildman–Crippen MR) is 130 cm³/mol. The first-order valence-corrected chi connectivity index (χ1v) is 10.7. The zero-order chi connectivity index (χ0) is 23.4. The van der Waals surface area contributed by atoms with Crippen LogP contribution in [0.1, 0.15) is 24.5 Å². The Balaban J connectivity index is 1.79. The van der Waals surface area contributed by atoms with E-state index in [1.54, 1.807) is 66.3 Å². The molecule has 6 heteroatoms. The molecule has 0 atom stereocenters. The molecule has 0 aliphatic heterocycles. The lowest BCUT2D eigenvalue weighted by atomic mass is 10.1. The van der Waals surface area contributed by atoms with Gasteiger partial charge in [-0.2, -0.15) is 0 Å². The van der Waals surface area contributed by atoms with Gasteiger partial charge in [0, 0.05) is 6.42 Å². The average Bonchev–Trinajstić information content (AvgIpc) is 2.86. The van der Waals surface area contributed by atoms with Crippen molar-refractivity contribution < 1.29 is 9.53 Å². The Morgan fingerprint density at radius 2 is 1.64 bits per heavy atom. The third-order valence-electron chi connectivity index (χ3n) is 5.51. The molecule has 3 aromatic carbocycles. The molecule has 1 heterocycles. The summed E-state index contributed by atoms with van der Waals surface area (Å²) >= 11 is 0. The zero-order valence-electron chi connectivity index (χ0n) is 18.5. The molecule has 0 saturated heterocycles. The van der Waals surface area contributed by atoms with Crippen LogP contribution in [-0.2, 0) is 11.3 Å². The third kappa shape index (κ3) is 4.55. The minimum atomic E-state index is -0.415. The number of ketones is 1. The minimum absolute atomic E-state index is 0.0675. The number of ether oxygens (including phenoxy) is 1. The number of aromatic nitrogens is 2. The molecule has 0 spiro atoms. The van der Waals surface area contributed by atoms with Gasteiger partial charge < -0.3 is 4.74 Å². The fourth-order valence-electron chi connectivity index (χ4n) is 3.66. The molecule has 1 aromatic heterocycles. The summed E-state index contributed by atoms with van der Waals surface area (Å²) in [5.74, 6) is 0.709. The molecule has 0 fully saturated rings. The number of fused-ring (bicyclic) bond motifs is 1. The van der Waals surface area contributed by atoms with Crippen LogP contribution in [0.2, 0.25) is 0 Å². The Morgan fingerprint density at radius 3 is 2.30 bits per heavy atom. The molecular weight excluding hydrogens is 416 g/mol. The summed E-state index contributed by atoms with van der Waals surface area (Å²) in [4.78, 5) is 38.2. The van der Waals surface area contributed by atoms with Gasteiger partial charge in [0.1, 0.15) is 5.75 Å². The van der Waals surface area contributed by atoms with Crippen molar-refractivity contribution in [2.24, 2.45) is 0 Å². The van der Waals surface area contributed by atoms with Gasteiger partial charge in [-0.3, -0.25) is 14.2 Å². The maximum absolute atomic E-state index is 13.5. The second kappa shape index (κ2) is 9.53. The molecule has 4 aromatic rings. The van der Waals surface area contributed by atoms with Crippen LogP contribution in [-0.4, -0.2) is 22.0 Å². The number of hydrogen-bond acceptors (Lipinski definition) is 4. The van der Waals surface area contributed by atoms with Gasteiger partial charge >= 0.3 is 5.69 Å². The smallest absolute Gasteiger partial charge is 0.336 e. The topological polar surface area (TPSA) is 70.3 Å². The molecule has 33 heavy (non-hydrogen) atoms. The quantitative estimate of drug-likeness (QED) is 0.404. The largest absolute Gasteiger partial charge is 0.497 e. The summed E-state index contributed by atoms with van der Waals surface area (Å²) in [7, 11) is 1.56. The number of benzene rings is 3. The highest BCUT2D eigenvalue weighted by molar-refractivity contribution is 5.93. The molecule has 0 aliphatic carbocycles. The van der Waals surface area contributed by atoms with Crippen molar-refractivity contribution in [3.05, 3.63) is 111 Å². The Hall–Kier alpha value is -4.19.